The van der Waals surface area contributed by atoms with Crippen LogP contribution in [0.1, 0.15) is 24.1 Å². The van der Waals surface area contributed by atoms with Gasteiger partial charge in [-0.2, -0.15) is 5.10 Å². The van der Waals surface area contributed by atoms with E-state index >= 15 is 0 Å². The van der Waals surface area contributed by atoms with E-state index in [2.05, 4.69) is 23.4 Å². The van der Waals surface area contributed by atoms with Crippen LogP contribution in [0.4, 0.5) is 0 Å². The van der Waals surface area contributed by atoms with E-state index in [4.69, 9.17) is 4.74 Å². The fourth-order valence-electron chi connectivity index (χ4n) is 2.01. The van der Waals surface area contributed by atoms with Gasteiger partial charge < -0.3 is 10.1 Å². The molecule has 0 bridgehead atoms. The lowest BCUT2D eigenvalue weighted by atomic mass is 10.1. The molecular weight excluding hydrogens is 238 g/mol. The first kappa shape index (κ1) is 13.6. The Hall–Kier alpha value is -1.81. The molecule has 0 spiro atoms. The van der Waals surface area contributed by atoms with Crippen LogP contribution in [0.2, 0.25) is 0 Å². The molecule has 4 nitrogen and oxygen atoms in total. The van der Waals surface area contributed by atoms with Crippen LogP contribution in [0.15, 0.2) is 36.7 Å². The molecular formula is C15H21N3O. The van der Waals surface area contributed by atoms with Crippen molar-refractivity contribution in [3.63, 3.8) is 0 Å². The molecule has 0 saturated heterocycles. The van der Waals surface area contributed by atoms with E-state index in [1.807, 2.05) is 49.4 Å². The molecule has 0 aliphatic heterocycles. The van der Waals surface area contributed by atoms with Crippen molar-refractivity contribution in [3.05, 3.63) is 47.8 Å². The van der Waals surface area contributed by atoms with Gasteiger partial charge in [-0.15, -0.1) is 0 Å². The fraction of sp³-hybridized carbons (Fsp3) is 0.400. The number of nitrogens with one attached hydrogen (secondary N) is 1. The number of aromatic nitrogens is 2. The Labute approximate surface area is 114 Å². The second kappa shape index (κ2) is 6.38. The van der Waals surface area contributed by atoms with Crippen molar-refractivity contribution in [3.8, 4) is 5.75 Å². The standard InChI is InChI=1S/C15H21N3O/c1-12(16-2)14-6-4-5-7-15(14)19-9-8-13-10-17-18(3)11-13/h4-7,10-12,16H,8-9H2,1-3H3. The van der Waals surface area contributed by atoms with Crippen molar-refractivity contribution in [2.75, 3.05) is 13.7 Å². The summed E-state index contributed by atoms with van der Waals surface area (Å²) in [5, 5.41) is 7.39. The van der Waals surface area contributed by atoms with E-state index in [9.17, 15) is 0 Å². The second-order valence-corrected chi connectivity index (χ2v) is 4.67. The van der Waals surface area contributed by atoms with Gasteiger partial charge in [0.25, 0.3) is 0 Å². The molecule has 2 aromatic rings. The molecule has 4 heteroatoms. The normalized spacial score (nSPS) is 12.4. The minimum absolute atomic E-state index is 0.287. The third-order valence-electron chi connectivity index (χ3n) is 3.23. The Morgan fingerprint density at radius 2 is 2.16 bits per heavy atom. The molecule has 0 amide bonds. The Morgan fingerprint density at radius 3 is 2.84 bits per heavy atom. The van der Waals surface area contributed by atoms with E-state index in [1.165, 1.54) is 11.1 Å². The summed E-state index contributed by atoms with van der Waals surface area (Å²) < 4.78 is 7.71. The molecule has 1 heterocycles. The summed E-state index contributed by atoms with van der Waals surface area (Å²) in [6, 6.07) is 8.45. The number of para-hydroxylation sites is 1. The van der Waals surface area contributed by atoms with Crippen LogP contribution in [-0.4, -0.2) is 23.4 Å². The summed E-state index contributed by atoms with van der Waals surface area (Å²) in [7, 11) is 3.88. The number of benzene rings is 1. The lowest BCUT2D eigenvalue weighted by Gasteiger charge is -2.16. The number of hydrogen-bond donors (Lipinski definition) is 1. The van der Waals surface area contributed by atoms with Crippen molar-refractivity contribution in [2.24, 2.45) is 7.05 Å². The lowest BCUT2D eigenvalue weighted by Crippen LogP contribution is -2.14. The zero-order valence-corrected chi connectivity index (χ0v) is 11.8. The van der Waals surface area contributed by atoms with E-state index in [-0.39, 0.29) is 6.04 Å². The molecule has 1 atom stereocenters. The van der Waals surface area contributed by atoms with Gasteiger partial charge in [-0.3, -0.25) is 4.68 Å². The summed E-state index contributed by atoms with van der Waals surface area (Å²) in [5.41, 5.74) is 2.39. The smallest absolute Gasteiger partial charge is 0.124 e. The van der Waals surface area contributed by atoms with Gasteiger partial charge in [-0.1, -0.05) is 18.2 Å². The molecule has 0 aliphatic rings. The number of rotatable bonds is 6. The molecule has 1 unspecified atom stereocenters. The summed E-state index contributed by atoms with van der Waals surface area (Å²) in [5.74, 6) is 0.952. The van der Waals surface area contributed by atoms with Crippen molar-refractivity contribution in [1.82, 2.24) is 15.1 Å². The minimum Gasteiger partial charge on any atom is -0.493 e. The quantitative estimate of drug-likeness (QED) is 0.865. The van der Waals surface area contributed by atoms with Crippen LogP contribution in [0.5, 0.6) is 5.75 Å². The lowest BCUT2D eigenvalue weighted by molar-refractivity contribution is 0.315. The molecule has 0 aliphatic carbocycles. The predicted molar refractivity (Wildman–Crippen MR) is 76.3 cm³/mol. The maximum absolute atomic E-state index is 5.90. The number of ether oxygens (including phenoxy) is 1. The van der Waals surface area contributed by atoms with Crippen LogP contribution in [-0.2, 0) is 13.5 Å². The monoisotopic (exact) mass is 259 g/mol. The highest BCUT2D eigenvalue weighted by molar-refractivity contribution is 5.35. The van der Waals surface area contributed by atoms with Crippen molar-refractivity contribution in [1.29, 1.82) is 0 Å². The second-order valence-electron chi connectivity index (χ2n) is 4.67. The van der Waals surface area contributed by atoms with Crippen molar-refractivity contribution in [2.45, 2.75) is 19.4 Å². The average molecular weight is 259 g/mol. The summed E-state index contributed by atoms with van der Waals surface area (Å²) in [6.45, 7) is 2.79. The predicted octanol–water partition coefficient (Wildman–Crippen LogP) is 2.32. The van der Waals surface area contributed by atoms with Crippen molar-refractivity contribution >= 4 is 0 Å². The summed E-state index contributed by atoms with van der Waals surface area (Å²) in [6.07, 6.45) is 4.77. The zero-order valence-electron chi connectivity index (χ0n) is 11.8. The molecule has 0 fully saturated rings. The van der Waals surface area contributed by atoms with Crippen molar-refractivity contribution < 1.29 is 4.74 Å². The maximum Gasteiger partial charge on any atom is 0.124 e. The first-order chi connectivity index (χ1) is 9.20. The average Bonchev–Trinajstić information content (AvgIpc) is 2.84. The van der Waals surface area contributed by atoms with Crippen LogP contribution >= 0.6 is 0 Å². The van der Waals surface area contributed by atoms with E-state index < -0.39 is 0 Å². The Balaban J connectivity index is 1.95. The highest BCUT2D eigenvalue weighted by atomic mass is 16.5. The first-order valence-corrected chi connectivity index (χ1v) is 6.57. The topological polar surface area (TPSA) is 39.1 Å². The third kappa shape index (κ3) is 3.58. The molecule has 1 aromatic heterocycles. The fourth-order valence-corrected chi connectivity index (χ4v) is 2.01. The molecule has 1 aromatic carbocycles. The van der Waals surface area contributed by atoms with Gasteiger partial charge in [0.05, 0.1) is 12.8 Å². The Morgan fingerprint density at radius 1 is 1.37 bits per heavy atom. The molecule has 1 N–H and O–H groups in total. The van der Waals surface area contributed by atoms with E-state index in [0.717, 1.165) is 12.2 Å². The number of nitrogens with zero attached hydrogens (tertiary/aromatic N) is 2. The Kier molecular flexibility index (Phi) is 4.58. The van der Waals surface area contributed by atoms with Gasteiger partial charge in [-0.25, -0.2) is 0 Å². The van der Waals surface area contributed by atoms with Crippen LogP contribution in [0, 0.1) is 0 Å². The maximum atomic E-state index is 5.90. The number of hydrogen-bond acceptors (Lipinski definition) is 3. The third-order valence-corrected chi connectivity index (χ3v) is 3.23. The highest BCUT2D eigenvalue weighted by Crippen LogP contribution is 2.24. The number of aryl methyl sites for hydroxylation is 1. The molecule has 19 heavy (non-hydrogen) atoms. The van der Waals surface area contributed by atoms with Gasteiger partial charge in [0.2, 0.25) is 0 Å². The van der Waals surface area contributed by atoms with E-state index in [1.54, 1.807) is 0 Å². The molecule has 0 saturated carbocycles. The van der Waals surface area contributed by atoms with Gasteiger partial charge in [-0.05, 0) is 25.6 Å². The van der Waals surface area contributed by atoms with Gasteiger partial charge >= 0.3 is 0 Å². The van der Waals surface area contributed by atoms with E-state index in [0.29, 0.717) is 6.61 Å². The molecule has 2 rings (SSSR count). The summed E-state index contributed by atoms with van der Waals surface area (Å²) in [4.78, 5) is 0. The van der Waals surface area contributed by atoms with Gasteiger partial charge in [0.15, 0.2) is 0 Å². The Bertz CT molecular complexity index is 522. The summed E-state index contributed by atoms with van der Waals surface area (Å²) >= 11 is 0. The van der Waals surface area contributed by atoms with Crippen LogP contribution < -0.4 is 10.1 Å². The minimum atomic E-state index is 0.287. The molecule has 0 radical (unpaired) electrons. The largest absolute Gasteiger partial charge is 0.493 e. The van der Waals surface area contributed by atoms with Crippen LogP contribution in [0.3, 0.4) is 0 Å². The van der Waals surface area contributed by atoms with Crippen LogP contribution in [0.25, 0.3) is 0 Å². The SMILES string of the molecule is CNC(C)c1ccccc1OCCc1cnn(C)c1. The first-order valence-electron chi connectivity index (χ1n) is 6.57. The highest BCUT2D eigenvalue weighted by Gasteiger charge is 2.09. The van der Waals surface area contributed by atoms with Gasteiger partial charge in [0.1, 0.15) is 5.75 Å². The van der Waals surface area contributed by atoms with Gasteiger partial charge in [0, 0.05) is 31.3 Å². The zero-order chi connectivity index (χ0) is 13.7. The molecule has 102 valence electrons.